The van der Waals surface area contributed by atoms with E-state index in [4.69, 9.17) is 0 Å². The maximum atomic E-state index is 13.6. The number of para-hydroxylation sites is 1. The smallest absolute Gasteiger partial charge is 0.317 e. The number of carbonyl (C=O) groups excluding carboxylic acids is 3. The van der Waals surface area contributed by atoms with Gasteiger partial charge in [-0.15, -0.1) is 0 Å². The monoisotopic (exact) mass is 597 g/mol. The third kappa shape index (κ3) is 4.00. The third-order valence-electron chi connectivity index (χ3n) is 9.74. The summed E-state index contributed by atoms with van der Waals surface area (Å²) in [6, 6.07) is 17.1. The van der Waals surface area contributed by atoms with Crippen molar-refractivity contribution in [3.05, 3.63) is 87.2 Å². The Bertz CT molecular complexity index is 1560. The first-order valence-corrected chi connectivity index (χ1v) is 15.0. The molecule has 5 fully saturated rings. The normalized spacial score (nSPS) is 28.5. The molecule has 4 saturated carbocycles. The molecule has 0 radical (unpaired) electrons. The number of amides is 4. The fourth-order valence-electron chi connectivity index (χ4n) is 8.41. The number of nitrogens with zero attached hydrogens (tertiary/aromatic N) is 2. The van der Waals surface area contributed by atoms with Gasteiger partial charge in [0.15, 0.2) is 0 Å². The minimum Gasteiger partial charge on any atom is -0.317 e. The molecular weight excluding hydrogens is 566 g/mol. The molecule has 2 heterocycles. The number of benzene rings is 2. The quantitative estimate of drug-likeness (QED) is 0.260. The number of imide groups is 2. The van der Waals surface area contributed by atoms with E-state index in [1.807, 2.05) is 56.3 Å². The summed E-state index contributed by atoms with van der Waals surface area (Å²) >= 11 is 3.62. The second-order valence-electron chi connectivity index (χ2n) is 12.3. The molecule has 3 aromatic rings. The Morgan fingerprint density at radius 3 is 2.15 bits per heavy atom. The lowest BCUT2D eigenvalue weighted by Crippen LogP contribution is -2.54. The Hall–Kier alpha value is -3.45. The molecule has 0 spiro atoms. The number of barbiturate groups is 1. The van der Waals surface area contributed by atoms with E-state index in [1.54, 1.807) is 6.08 Å². The van der Waals surface area contributed by atoms with Gasteiger partial charge in [-0.1, -0.05) is 24.3 Å². The van der Waals surface area contributed by atoms with Gasteiger partial charge in [-0.3, -0.25) is 14.9 Å². The van der Waals surface area contributed by atoms with Gasteiger partial charge in [-0.2, -0.15) is 0 Å². The fourth-order valence-corrected chi connectivity index (χ4v) is 8.88. The molecule has 7 heteroatoms. The van der Waals surface area contributed by atoms with Crippen molar-refractivity contribution in [1.82, 2.24) is 9.88 Å². The average Bonchev–Trinajstić information content (AvgIpc) is 3.18. The number of hydrogen-bond donors (Lipinski definition) is 1. The van der Waals surface area contributed by atoms with E-state index in [0.717, 1.165) is 49.8 Å². The highest BCUT2D eigenvalue weighted by atomic mass is 79.9. The van der Waals surface area contributed by atoms with Crippen LogP contribution in [0.3, 0.4) is 0 Å². The summed E-state index contributed by atoms with van der Waals surface area (Å²) in [6.45, 7) is 3.94. The molecule has 4 aliphatic carbocycles. The first-order valence-electron chi connectivity index (χ1n) is 14.2. The van der Waals surface area contributed by atoms with Crippen molar-refractivity contribution >= 4 is 45.5 Å². The molecule has 0 unspecified atom stereocenters. The van der Waals surface area contributed by atoms with Crippen molar-refractivity contribution < 1.29 is 14.4 Å². The molecule has 4 bridgehead atoms. The molecule has 1 saturated heterocycles. The molecule has 4 amide bonds. The number of aromatic nitrogens is 1. The highest BCUT2D eigenvalue weighted by Crippen LogP contribution is 2.60. The lowest BCUT2D eigenvalue weighted by molar-refractivity contribution is -0.122. The van der Waals surface area contributed by atoms with Crippen molar-refractivity contribution in [2.24, 2.45) is 17.8 Å². The van der Waals surface area contributed by atoms with Gasteiger partial charge < -0.3 is 4.57 Å². The van der Waals surface area contributed by atoms with E-state index in [0.29, 0.717) is 5.69 Å². The van der Waals surface area contributed by atoms with Gasteiger partial charge >= 0.3 is 6.03 Å². The number of nitrogens with one attached hydrogen (secondary N) is 1. The van der Waals surface area contributed by atoms with Crippen LogP contribution in [0.4, 0.5) is 10.5 Å². The van der Waals surface area contributed by atoms with E-state index in [2.05, 4.69) is 37.9 Å². The zero-order valence-electron chi connectivity index (χ0n) is 22.7. The van der Waals surface area contributed by atoms with Crippen LogP contribution >= 0.6 is 15.9 Å². The predicted molar refractivity (Wildman–Crippen MR) is 158 cm³/mol. The van der Waals surface area contributed by atoms with Crippen LogP contribution in [-0.2, 0) is 15.0 Å². The second kappa shape index (κ2) is 9.30. The van der Waals surface area contributed by atoms with Gasteiger partial charge in [0.1, 0.15) is 5.57 Å². The second-order valence-corrected chi connectivity index (χ2v) is 13.2. The van der Waals surface area contributed by atoms with E-state index in [9.17, 15) is 14.4 Å². The van der Waals surface area contributed by atoms with E-state index >= 15 is 0 Å². The summed E-state index contributed by atoms with van der Waals surface area (Å²) in [7, 11) is 0. The Kier molecular flexibility index (Phi) is 5.93. The van der Waals surface area contributed by atoms with Crippen LogP contribution in [0.1, 0.15) is 61.0 Å². The van der Waals surface area contributed by atoms with Gasteiger partial charge in [-0.05, 0) is 139 Å². The number of urea groups is 1. The minimum atomic E-state index is -0.714. The molecule has 1 aromatic heterocycles. The highest BCUT2D eigenvalue weighted by molar-refractivity contribution is 9.10. The molecule has 1 N–H and O–H groups in total. The molecule has 5 aliphatic rings. The van der Waals surface area contributed by atoms with Crippen LogP contribution < -0.4 is 10.2 Å². The standard InChI is InChI=1S/C33H32BrN3O3/c1-19-11-24(20(2)36(19)29-6-4-3-5-28(29)34)15-27-30(38)35-32(40)37(31(27)39)26-9-7-25(8-10-26)33-16-21-12-22(17-33)14-23(13-21)18-33/h3-11,15,21-23H,12-14,16-18H2,1-2H3,(H,35,38,40)/b27-15+. The van der Waals surface area contributed by atoms with Crippen molar-refractivity contribution in [2.45, 2.75) is 57.8 Å². The summed E-state index contributed by atoms with van der Waals surface area (Å²) in [4.78, 5) is 40.5. The van der Waals surface area contributed by atoms with Crippen molar-refractivity contribution in [3.8, 4) is 5.69 Å². The number of anilines is 1. The van der Waals surface area contributed by atoms with E-state index in [-0.39, 0.29) is 11.0 Å². The molecular formula is C33H32BrN3O3. The topological polar surface area (TPSA) is 71.4 Å². The number of carbonyl (C=O) groups is 3. The third-order valence-corrected chi connectivity index (χ3v) is 10.4. The first-order chi connectivity index (χ1) is 19.2. The van der Waals surface area contributed by atoms with Crippen molar-refractivity contribution in [2.75, 3.05) is 4.90 Å². The highest BCUT2D eigenvalue weighted by Gasteiger charge is 2.51. The summed E-state index contributed by atoms with van der Waals surface area (Å²) in [5, 5.41) is 2.38. The molecule has 0 atom stereocenters. The maximum Gasteiger partial charge on any atom is 0.335 e. The first kappa shape index (κ1) is 25.5. The van der Waals surface area contributed by atoms with Crippen LogP contribution in [0.2, 0.25) is 0 Å². The number of aryl methyl sites for hydroxylation is 1. The molecule has 6 nitrogen and oxygen atoms in total. The average molecular weight is 599 g/mol. The van der Waals surface area contributed by atoms with Gasteiger partial charge in [0, 0.05) is 15.9 Å². The van der Waals surface area contributed by atoms with Crippen molar-refractivity contribution in [3.63, 3.8) is 0 Å². The van der Waals surface area contributed by atoms with Gasteiger partial charge in [0.05, 0.1) is 11.4 Å². The number of hydrogen-bond acceptors (Lipinski definition) is 3. The fraction of sp³-hybridized carbons (Fsp3) is 0.364. The van der Waals surface area contributed by atoms with Gasteiger partial charge in [-0.25, -0.2) is 9.69 Å². The van der Waals surface area contributed by atoms with Crippen LogP contribution in [-0.4, -0.2) is 22.4 Å². The summed E-state index contributed by atoms with van der Waals surface area (Å²) in [5.41, 5.74) is 5.56. The van der Waals surface area contributed by atoms with Crippen molar-refractivity contribution in [1.29, 1.82) is 0 Å². The summed E-state index contributed by atoms with van der Waals surface area (Å²) in [6.07, 6.45) is 9.49. The SMILES string of the molecule is Cc1cc(/C=C2\C(=O)NC(=O)N(c3ccc(C45CC6CC(CC(C6)C4)C5)cc3)C2=O)c(C)n1-c1ccccc1Br. The zero-order chi connectivity index (χ0) is 27.8. The largest absolute Gasteiger partial charge is 0.335 e. The Morgan fingerprint density at radius 2 is 1.52 bits per heavy atom. The van der Waals surface area contributed by atoms with Crippen LogP contribution in [0.5, 0.6) is 0 Å². The van der Waals surface area contributed by atoms with E-state index in [1.165, 1.54) is 44.1 Å². The lowest BCUT2D eigenvalue weighted by atomic mass is 9.48. The summed E-state index contributed by atoms with van der Waals surface area (Å²) < 4.78 is 3.02. The number of halogens is 1. The van der Waals surface area contributed by atoms with E-state index < -0.39 is 17.8 Å². The Labute approximate surface area is 242 Å². The Balaban J connectivity index is 1.20. The maximum absolute atomic E-state index is 13.6. The predicted octanol–water partition coefficient (Wildman–Crippen LogP) is 6.99. The molecule has 8 rings (SSSR count). The molecule has 204 valence electrons. The molecule has 1 aliphatic heterocycles. The minimum absolute atomic E-state index is 0.0582. The van der Waals surface area contributed by atoms with Gasteiger partial charge in [0.25, 0.3) is 11.8 Å². The molecule has 40 heavy (non-hydrogen) atoms. The van der Waals surface area contributed by atoms with Crippen LogP contribution in [0.15, 0.2) is 64.6 Å². The zero-order valence-corrected chi connectivity index (χ0v) is 24.3. The van der Waals surface area contributed by atoms with Crippen LogP contribution in [0, 0.1) is 31.6 Å². The number of rotatable bonds is 4. The Morgan fingerprint density at radius 1 is 0.900 bits per heavy atom. The lowest BCUT2D eigenvalue weighted by Gasteiger charge is -2.57. The van der Waals surface area contributed by atoms with Gasteiger partial charge in [0.2, 0.25) is 0 Å². The van der Waals surface area contributed by atoms with Crippen LogP contribution in [0.25, 0.3) is 11.8 Å². The summed E-state index contributed by atoms with van der Waals surface area (Å²) in [5.74, 6) is 1.22. The molecule has 2 aromatic carbocycles.